The lowest BCUT2D eigenvalue weighted by Gasteiger charge is -2.35. The van der Waals surface area contributed by atoms with E-state index in [9.17, 15) is 23.9 Å². The summed E-state index contributed by atoms with van der Waals surface area (Å²) in [7, 11) is 0. The third-order valence-electron chi connectivity index (χ3n) is 10.6. The number of phenols is 1. The molecule has 2 aliphatic heterocycles. The molecule has 3 aliphatic rings. The average molecular weight is 794 g/mol. The average Bonchev–Trinajstić information content (AvgIpc) is 3.63. The maximum Gasteiger partial charge on any atom is 0.271 e. The second-order valence-corrected chi connectivity index (χ2v) is 14.2. The van der Waals surface area contributed by atoms with E-state index in [2.05, 4.69) is 32.4 Å². The SMILES string of the molecule is C.C.C.O=C1CCC(n2ncc(Oc3ccc(O[C@@H]4CCN(CCOc5ccc([C@H]6c7ccc(O)cc7CC[C@H]6c6ccc(F)cc6)cc5)C4)nc3)cc2=O)C(=O)N1. The summed E-state index contributed by atoms with van der Waals surface area (Å²) in [5, 5.41) is 16.4. The zero-order valence-corrected chi connectivity index (χ0v) is 30.0. The minimum absolute atomic E-state index is 0. The van der Waals surface area contributed by atoms with Crippen molar-refractivity contribution in [3.8, 4) is 28.9 Å². The second kappa shape index (κ2) is 18.9. The van der Waals surface area contributed by atoms with Crippen molar-refractivity contribution in [2.24, 2.45) is 0 Å². The van der Waals surface area contributed by atoms with E-state index in [1.807, 2.05) is 36.4 Å². The molecule has 4 heterocycles. The van der Waals surface area contributed by atoms with Crippen LogP contribution in [0.2, 0.25) is 0 Å². The Bertz CT molecular complexity index is 2230. The molecule has 1 unspecified atom stereocenters. The number of likely N-dealkylation sites (tertiary alicyclic amines) is 1. The minimum Gasteiger partial charge on any atom is -0.508 e. The number of ether oxygens (including phenoxy) is 3. The van der Waals surface area contributed by atoms with E-state index in [1.54, 1.807) is 18.2 Å². The van der Waals surface area contributed by atoms with Crippen LogP contribution in [0.15, 0.2) is 102 Å². The molecule has 2 fully saturated rings. The molecule has 2 N–H and O–H groups in total. The number of amides is 2. The number of carbonyl (C=O) groups excluding carboxylic acids is 2. The zero-order chi connectivity index (χ0) is 37.9. The first-order valence-electron chi connectivity index (χ1n) is 18.5. The lowest BCUT2D eigenvalue weighted by atomic mass is 9.69. The number of rotatable bonds is 11. The number of fused-ring (bicyclic) bond motifs is 1. The standard InChI is InChI=1S/C42H40FN5O7.3CH4/c43-29-6-1-26(2-7-29)35-12-5-28-21-30(49)8-13-36(28)41(35)27-3-9-31(10-4-27)53-20-19-47-18-17-33(25-47)55-39-16-11-32(23-44-39)54-34-22-40(51)48(45-24-34)37-14-15-38(50)46-42(37)52;;;/h1-4,6-11,13,16,21-24,33,35,37,41,49H,5,12,14-15,17-20,25H2,(H,46,50,52);3*1H4/t33-,35+,37?,41-;;;/m1.../s1. The molecule has 0 radical (unpaired) electrons. The Morgan fingerprint density at radius 3 is 2.29 bits per heavy atom. The van der Waals surface area contributed by atoms with Gasteiger partial charge in [0.2, 0.25) is 11.8 Å². The number of phenolic OH excluding ortho intramolecular Hbond substituents is 1. The Kier molecular flexibility index (Phi) is 14.0. The van der Waals surface area contributed by atoms with Crippen LogP contribution >= 0.6 is 0 Å². The van der Waals surface area contributed by atoms with Crippen LogP contribution < -0.4 is 25.1 Å². The molecule has 2 amide bonds. The number of aryl methyl sites for hydroxylation is 1. The largest absolute Gasteiger partial charge is 0.508 e. The van der Waals surface area contributed by atoms with Gasteiger partial charge in [-0.25, -0.2) is 14.1 Å². The highest BCUT2D eigenvalue weighted by Crippen LogP contribution is 2.47. The molecular weight excluding hydrogens is 742 g/mol. The van der Waals surface area contributed by atoms with Gasteiger partial charge in [-0.1, -0.05) is 52.6 Å². The lowest BCUT2D eigenvalue weighted by molar-refractivity contribution is -0.136. The molecule has 3 aromatic carbocycles. The molecule has 2 saturated heterocycles. The number of aromatic hydroxyl groups is 1. The van der Waals surface area contributed by atoms with Gasteiger partial charge in [-0.3, -0.25) is 24.6 Å². The topological polar surface area (TPSA) is 145 Å². The molecule has 8 rings (SSSR count). The van der Waals surface area contributed by atoms with E-state index >= 15 is 0 Å². The van der Waals surface area contributed by atoms with Gasteiger partial charge in [-0.05, 0) is 96.3 Å². The van der Waals surface area contributed by atoms with Crippen LogP contribution in [0, 0.1) is 5.82 Å². The molecule has 0 saturated carbocycles. The number of piperidine rings is 1. The summed E-state index contributed by atoms with van der Waals surface area (Å²) in [6.07, 6.45) is 5.76. The predicted octanol–water partition coefficient (Wildman–Crippen LogP) is 7.56. The van der Waals surface area contributed by atoms with Crippen LogP contribution in [0.4, 0.5) is 4.39 Å². The van der Waals surface area contributed by atoms with Gasteiger partial charge in [0.25, 0.3) is 11.5 Å². The molecular formula is C45H52FN5O7. The molecule has 2 aromatic heterocycles. The smallest absolute Gasteiger partial charge is 0.271 e. The number of nitrogens with one attached hydrogen (secondary N) is 1. The van der Waals surface area contributed by atoms with Crippen LogP contribution in [0.25, 0.3) is 0 Å². The molecule has 13 heteroatoms. The number of imide groups is 1. The summed E-state index contributed by atoms with van der Waals surface area (Å²) >= 11 is 0. The highest BCUT2D eigenvalue weighted by molar-refractivity contribution is 5.99. The van der Waals surface area contributed by atoms with Crippen molar-refractivity contribution in [2.75, 3.05) is 26.2 Å². The fourth-order valence-electron chi connectivity index (χ4n) is 7.86. The number of hydrogen-bond donors (Lipinski definition) is 2. The van der Waals surface area contributed by atoms with E-state index in [0.29, 0.717) is 18.2 Å². The first-order chi connectivity index (χ1) is 26.8. The van der Waals surface area contributed by atoms with Crippen LogP contribution in [0.1, 0.15) is 88.1 Å². The maximum absolute atomic E-state index is 13.8. The van der Waals surface area contributed by atoms with Crippen molar-refractivity contribution < 1.29 is 33.3 Å². The molecule has 58 heavy (non-hydrogen) atoms. The summed E-state index contributed by atoms with van der Waals surface area (Å²) in [5.41, 5.74) is 4.06. The van der Waals surface area contributed by atoms with Gasteiger partial charge in [0.1, 0.15) is 41.8 Å². The van der Waals surface area contributed by atoms with Crippen molar-refractivity contribution >= 4 is 11.8 Å². The van der Waals surface area contributed by atoms with Crippen LogP contribution in [0.5, 0.6) is 28.9 Å². The van der Waals surface area contributed by atoms with Crippen LogP contribution in [-0.2, 0) is 16.0 Å². The predicted molar refractivity (Wildman–Crippen MR) is 219 cm³/mol. The second-order valence-electron chi connectivity index (χ2n) is 14.2. The first kappa shape index (κ1) is 43.1. The number of halogens is 1. The molecule has 0 bridgehead atoms. The summed E-state index contributed by atoms with van der Waals surface area (Å²) in [4.78, 5) is 42.9. The minimum atomic E-state index is -0.844. The first-order valence-corrected chi connectivity index (χ1v) is 18.5. The quantitative estimate of drug-likeness (QED) is 0.129. The summed E-state index contributed by atoms with van der Waals surface area (Å²) in [6, 6.07) is 24.5. The highest BCUT2D eigenvalue weighted by Gasteiger charge is 2.33. The van der Waals surface area contributed by atoms with E-state index in [4.69, 9.17) is 14.2 Å². The monoisotopic (exact) mass is 793 g/mol. The summed E-state index contributed by atoms with van der Waals surface area (Å²) in [5.74, 6) is 1.18. The highest BCUT2D eigenvalue weighted by atomic mass is 19.1. The summed E-state index contributed by atoms with van der Waals surface area (Å²) in [6.45, 7) is 2.86. The number of benzene rings is 3. The van der Waals surface area contributed by atoms with Crippen LogP contribution in [-0.4, -0.2) is 68.9 Å². The van der Waals surface area contributed by atoms with Gasteiger partial charge in [0.05, 0.1) is 12.4 Å². The Morgan fingerprint density at radius 2 is 1.57 bits per heavy atom. The van der Waals surface area contributed by atoms with E-state index in [1.165, 1.54) is 36.2 Å². The molecule has 306 valence electrons. The van der Waals surface area contributed by atoms with Gasteiger partial charge >= 0.3 is 0 Å². The van der Waals surface area contributed by atoms with Crippen molar-refractivity contribution in [3.05, 3.63) is 136 Å². The fraction of sp³-hybridized carbons (Fsp3) is 0.356. The van der Waals surface area contributed by atoms with Gasteiger partial charge in [-0.2, -0.15) is 5.10 Å². The van der Waals surface area contributed by atoms with E-state index in [-0.39, 0.29) is 76.3 Å². The Hall–Kier alpha value is -6.08. The third-order valence-corrected chi connectivity index (χ3v) is 10.6. The number of pyridine rings is 1. The zero-order valence-electron chi connectivity index (χ0n) is 30.0. The summed E-state index contributed by atoms with van der Waals surface area (Å²) < 4.78 is 32.9. The molecule has 1 aliphatic carbocycles. The van der Waals surface area contributed by atoms with E-state index in [0.717, 1.165) is 66.0 Å². The molecule has 4 atom stereocenters. The maximum atomic E-state index is 13.8. The van der Waals surface area contributed by atoms with Crippen LogP contribution in [0.3, 0.4) is 0 Å². The van der Waals surface area contributed by atoms with Crippen molar-refractivity contribution in [3.63, 3.8) is 0 Å². The third kappa shape index (κ3) is 9.71. The number of aromatic nitrogens is 3. The molecule has 0 spiro atoms. The number of nitrogens with zero attached hydrogens (tertiary/aromatic N) is 4. The van der Waals surface area contributed by atoms with Gasteiger partial charge in [0, 0.05) is 44.1 Å². The van der Waals surface area contributed by atoms with Crippen molar-refractivity contribution in [2.45, 2.75) is 78.4 Å². The Balaban J connectivity index is 0.00000214. The number of hydrogen-bond acceptors (Lipinski definition) is 10. The number of carbonyl (C=O) groups is 2. The van der Waals surface area contributed by atoms with Crippen molar-refractivity contribution in [1.29, 1.82) is 0 Å². The molecule has 5 aromatic rings. The fourth-order valence-corrected chi connectivity index (χ4v) is 7.86. The Morgan fingerprint density at radius 1 is 0.810 bits per heavy atom. The van der Waals surface area contributed by atoms with Crippen molar-refractivity contribution in [1.82, 2.24) is 25.0 Å². The van der Waals surface area contributed by atoms with Gasteiger partial charge in [0.15, 0.2) is 5.75 Å². The lowest BCUT2D eigenvalue weighted by Crippen LogP contribution is -2.45. The van der Waals surface area contributed by atoms with Gasteiger partial charge < -0.3 is 19.3 Å². The van der Waals surface area contributed by atoms with E-state index < -0.39 is 17.5 Å². The molecule has 12 nitrogen and oxygen atoms in total. The normalized spacial score (nSPS) is 20.0. The van der Waals surface area contributed by atoms with Gasteiger partial charge in [-0.15, -0.1) is 0 Å². The Labute approximate surface area is 338 Å².